The van der Waals surface area contributed by atoms with Gasteiger partial charge < -0.3 is 4.90 Å². The van der Waals surface area contributed by atoms with Gasteiger partial charge in [-0.1, -0.05) is 13.8 Å². The summed E-state index contributed by atoms with van der Waals surface area (Å²) in [6.45, 7) is 6.34. The van der Waals surface area contributed by atoms with Gasteiger partial charge >= 0.3 is 0 Å². The van der Waals surface area contributed by atoms with Crippen LogP contribution in [-0.2, 0) is 0 Å². The molecule has 58 valence electrons. The average Bonchev–Trinajstić information content (AvgIpc) is 2.36. The fourth-order valence-corrected chi connectivity index (χ4v) is 1.15. The van der Waals surface area contributed by atoms with Gasteiger partial charge in [0, 0.05) is 13.0 Å². The summed E-state index contributed by atoms with van der Waals surface area (Å²) < 4.78 is 0. The average molecular weight is 141 g/mol. The molecule has 0 aromatic carbocycles. The van der Waals surface area contributed by atoms with Crippen LogP contribution < -0.4 is 5.43 Å². The van der Waals surface area contributed by atoms with E-state index in [0.717, 1.165) is 19.6 Å². The van der Waals surface area contributed by atoms with E-state index in [9.17, 15) is 0 Å². The molecule has 1 rings (SSSR count). The lowest BCUT2D eigenvalue weighted by Gasteiger charge is -2.16. The van der Waals surface area contributed by atoms with E-state index in [2.05, 4.69) is 29.3 Å². The van der Waals surface area contributed by atoms with Gasteiger partial charge in [-0.2, -0.15) is 5.10 Å². The zero-order valence-corrected chi connectivity index (χ0v) is 6.72. The molecule has 1 aliphatic heterocycles. The van der Waals surface area contributed by atoms with Crippen LogP contribution in [0.25, 0.3) is 0 Å². The van der Waals surface area contributed by atoms with Crippen molar-refractivity contribution >= 4 is 5.84 Å². The van der Waals surface area contributed by atoms with Crippen molar-refractivity contribution in [2.24, 2.45) is 5.10 Å². The van der Waals surface area contributed by atoms with Crippen molar-refractivity contribution in [3.05, 3.63) is 0 Å². The highest BCUT2D eigenvalue weighted by Gasteiger charge is 2.12. The number of rotatable bonds is 3. The van der Waals surface area contributed by atoms with E-state index in [1.165, 1.54) is 12.3 Å². The largest absolute Gasteiger partial charge is 0.340 e. The van der Waals surface area contributed by atoms with Gasteiger partial charge in [0.15, 0.2) is 0 Å². The lowest BCUT2D eigenvalue weighted by molar-refractivity contribution is 0.419. The molecule has 0 bridgehead atoms. The second-order valence-electron chi connectivity index (χ2n) is 2.46. The molecule has 0 amide bonds. The molecule has 0 atom stereocenters. The molecule has 1 aliphatic rings. The van der Waals surface area contributed by atoms with Crippen LogP contribution in [0.2, 0.25) is 0 Å². The van der Waals surface area contributed by atoms with Crippen molar-refractivity contribution in [1.29, 1.82) is 0 Å². The maximum atomic E-state index is 4.15. The van der Waals surface area contributed by atoms with Crippen LogP contribution in [0.4, 0.5) is 0 Å². The third-order valence-electron chi connectivity index (χ3n) is 1.64. The second kappa shape index (κ2) is 3.44. The molecule has 0 spiro atoms. The SMILES string of the molecule is CCCN1CNN=C1CC. The molecule has 1 heterocycles. The first-order valence-electron chi connectivity index (χ1n) is 3.92. The summed E-state index contributed by atoms with van der Waals surface area (Å²) in [4.78, 5) is 2.28. The normalized spacial score (nSPS) is 17.0. The molecule has 3 heteroatoms. The molecule has 0 aromatic heterocycles. The van der Waals surface area contributed by atoms with Gasteiger partial charge in [-0.15, -0.1) is 0 Å². The van der Waals surface area contributed by atoms with Gasteiger partial charge in [0.05, 0.1) is 0 Å². The molecule has 1 N–H and O–H groups in total. The summed E-state index contributed by atoms with van der Waals surface area (Å²) in [7, 11) is 0. The first-order valence-corrected chi connectivity index (χ1v) is 3.92. The van der Waals surface area contributed by atoms with Crippen molar-refractivity contribution in [3.63, 3.8) is 0 Å². The van der Waals surface area contributed by atoms with Crippen molar-refractivity contribution in [1.82, 2.24) is 10.3 Å². The molecular weight excluding hydrogens is 126 g/mol. The van der Waals surface area contributed by atoms with Crippen LogP contribution in [0.3, 0.4) is 0 Å². The van der Waals surface area contributed by atoms with Crippen LogP contribution in [-0.4, -0.2) is 23.9 Å². The topological polar surface area (TPSA) is 27.6 Å². The summed E-state index contributed by atoms with van der Waals surface area (Å²) >= 11 is 0. The Morgan fingerprint density at radius 3 is 3.00 bits per heavy atom. The Morgan fingerprint density at radius 1 is 1.60 bits per heavy atom. The molecule has 0 saturated heterocycles. The highest BCUT2D eigenvalue weighted by Crippen LogP contribution is 2.01. The van der Waals surface area contributed by atoms with E-state index in [1.807, 2.05) is 0 Å². The molecule has 0 saturated carbocycles. The van der Waals surface area contributed by atoms with E-state index in [4.69, 9.17) is 0 Å². The summed E-state index contributed by atoms with van der Waals surface area (Å²) in [6.07, 6.45) is 2.23. The maximum Gasteiger partial charge on any atom is 0.126 e. The molecule has 0 aliphatic carbocycles. The first kappa shape index (κ1) is 7.38. The van der Waals surface area contributed by atoms with Crippen molar-refractivity contribution in [2.75, 3.05) is 13.2 Å². The number of nitrogens with one attached hydrogen (secondary N) is 1. The van der Waals surface area contributed by atoms with E-state index in [-0.39, 0.29) is 0 Å². The molecule has 0 unspecified atom stereocenters. The van der Waals surface area contributed by atoms with Crippen LogP contribution in [0.1, 0.15) is 26.7 Å². The number of hydrogen-bond donors (Lipinski definition) is 1. The van der Waals surface area contributed by atoms with Crippen LogP contribution in [0.5, 0.6) is 0 Å². The quantitative estimate of drug-likeness (QED) is 0.634. The van der Waals surface area contributed by atoms with Crippen molar-refractivity contribution in [2.45, 2.75) is 26.7 Å². The Balaban J connectivity index is 2.38. The molecule has 10 heavy (non-hydrogen) atoms. The van der Waals surface area contributed by atoms with Gasteiger partial charge in [0.2, 0.25) is 0 Å². The number of hydrogen-bond acceptors (Lipinski definition) is 3. The van der Waals surface area contributed by atoms with Gasteiger partial charge in [-0.3, -0.25) is 5.43 Å². The number of nitrogens with zero attached hydrogens (tertiary/aromatic N) is 2. The molecule has 3 nitrogen and oxygen atoms in total. The molecule has 0 radical (unpaired) electrons. The lowest BCUT2D eigenvalue weighted by atomic mass is 10.3. The first-order chi connectivity index (χ1) is 4.88. The standard InChI is InChI=1S/C7H15N3/c1-3-5-10-6-8-9-7(10)4-2/h8H,3-6H2,1-2H3. The lowest BCUT2D eigenvalue weighted by Crippen LogP contribution is -2.29. The molecule has 0 fully saturated rings. The summed E-state index contributed by atoms with van der Waals surface area (Å²) in [5.74, 6) is 1.20. The Hall–Kier alpha value is -0.730. The van der Waals surface area contributed by atoms with Crippen LogP contribution in [0.15, 0.2) is 5.10 Å². The van der Waals surface area contributed by atoms with Gasteiger partial charge in [-0.05, 0) is 6.42 Å². The summed E-state index contributed by atoms with van der Waals surface area (Å²) in [6, 6.07) is 0. The van der Waals surface area contributed by atoms with E-state index in [0.29, 0.717) is 0 Å². The Morgan fingerprint density at radius 2 is 2.40 bits per heavy atom. The predicted molar refractivity (Wildman–Crippen MR) is 42.7 cm³/mol. The second-order valence-corrected chi connectivity index (χ2v) is 2.46. The van der Waals surface area contributed by atoms with E-state index >= 15 is 0 Å². The Bertz CT molecular complexity index is 131. The van der Waals surface area contributed by atoms with E-state index < -0.39 is 0 Å². The number of hydrazone groups is 1. The molecular formula is C7H15N3. The minimum Gasteiger partial charge on any atom is -0.340 e. The van der Waals surface area contributed by atoms with Crippen LogP contribution in [0, 0.1) is 0 Å². The zero-order chi connectivity index (χ0) is 7.40. The van der Waals surface area contributed by atoms with Gasteiger partial charge in [0.25, 0.3) is 0 Å². The Kier molecular flexibility index (Phi) is 2.54. The van der Waals surface area contributed by atoms with Gasteiger partial charge in [0.1, 0.15) is 12.5 Å². The summed E-state index contributed by atoms with van der Waals surface area (Å²) in [5.41, 5.74) is 2.97. The van der Waals surface area contributed by atoms with Crippen molar-refractivity contribution in [3.8, 4) is 0 Å². The Labute approximate surface area is 62.1 Å². The monoisotopic (exact) mass is 141 g/mol. The highest BCUT2D eigenvalue weighted by atomic mass is 15.5. The zero-order valence-electron chi connectivity index (χ0n) is 6.72. The van der Waals surface area contributed by atoms with Gasteiger partial charge in [-0.25, -0.2) is 0 Å². The molecule has 0 aromatic rings. The van der Waals surface area contributed by atoms with Crippen molar-refractivity contribution < 1.29 is 0 Å². The van der Waals surface area contributed by atoms with Crippen LogP contribution >= 0.6 is 0 Å². The maximum absolute atomic E-state index is 4.15. The van der Waals surface area contributed by atoms with E-state index in [1.54, 1.807) is 0 Å². The summed E-state index contributed by atoms with van der Waals surface area (Å²) in [5, 5.41) is 4.15. The highest BCUT2D eigenvalue weighted by molar-refractivity contribution is 5.82. The predicted octanol–water partition coefficient (Wildman–Crippen LogP) is 0.983. The third-order valence-corrected chi connectivity index (χ3v) is 1.64. The fourth-order valence-electron chi connectivity index (χ4n) is 1.15. The fraction of sp³-hybridized carbons (Fsp3) is 0.857. The smallest absolute Gasteiger partial charge is 0.126 e. The minimum absolute atomic E-state index is 0.900. The third kappa shape index (κ3) is 1.40. The minimum atomic E-state index is 0.900. The number of amidine groups is 1.